The summed E-state index contributed by atoms with van der Waals surface area (Å²) >= 11 is 0. The van der Waals surface area contributed by atoms with Gasteiger partial charge in [0.25, 0.3) is 5.56 Å². The van der Waals surface area contributed by atoms with Crippen molar-refractivity contribution >= 4 is 17.3 Å². The predicted octanol–water partition coefficient (Wildman–Crippen LogP) is 3.46. The molecule has 1 atom stereocenters. The molecule has 1 aliphatic heterocycles. The van der Waals surface area contributed by atoms with Crippen LogP contribution in [0, 0.1) is 12.8 Å². The van der Waals surface area contributed by atoms with Crippen LogP contribution in [-0.2, 0) is 11.3 Å². The van der Waals surface area contributed by atoms with E-state index in [0.29, 0.717) is 19.6 Å². The van der Waals surface area contributed by atoms with Gasteiger partial charge in [-0.3, -0.25) is 9.59 Å². The molecular formula is C28H35N5O2. The van der Waals surface area contributed by atoms with Gasteiger partial charge in [-0.05, 0) is 49.9 Å². The summed E-state index contributed by atoms with van der Waals surface area (Å²) in [6.45, 7) is 8.36. The van der Waals surface area contributed by atoms with Crippen molar-refractivity contribution in [3.8, 4) is 0 Å². The predicted molar refractivity (Wildman–Crippen MR) is 141 cm³/mol. The lowest BCUT2D eigenvalue weighted by Gasteiger charge is -2.33. The summed E-state index contributed by atoms with van der Waals surface area (Å²) in [6.07, 6.45) is 3.51. The highest BCUT2D eigenvalue weighted by Gasteiger charge is 2.26. The van der Waals surface area contributed by atoms with Gasteiger partial charge >= 0.3 is 0 Å². The van der Waals surface area contributed by atoms with Crippen LogP contribution in [0.25, 0.3) is 0 Å². The van der Waals surface area contributed by atoms with Crippen LogP contribution in [0.5, 0.6) is 0 Å². The van der Waals surface area contributed by atoms with E-state index in [9.17, 15) is 9.59 Å². The number of benzene rings is 2. The minimum absolute atomic E-state index is 0.0837. The van der Waals surface area contributed by atoms with Crippen LogP contribution in [0.15, 0.2) is 71.7 Å². The standard InChI is InChI=1S/C28H35N5O2/c1-3-31(25-13-7-9-22(2)17-25)16-14-29-28(35)24-12-8-15-32(21-24)26-18-27(34)33(30-19-26)20-23-10-5-4-6-11-23/h4-7,9-11,13,17-19,24H,3,8,12,14-16,20-21H2,1-2H3,(H,29,35). The Balaban J connectivity index is 1.31. The molecule has 1 N–H and O–H groups in total. The number of aryl methyl sites for hydroxylation is 1. The van der Waals surface area contributed by atoms with Crippen molar-refractivity contribution in [2.45, 2.75) is 33.2 Å². The first kappa shape index (κ1) is 24.5. The van der Waals surface area contributed by atoms with Gasteiger partial charge < -0.3 is 15.1 Å². The number of anilines is 2. The van der Waals surface area contributed by atoms with Gasteiger partial charge in [0.15, 0.2) is 0 Å². The number of aromatic nitrogens is 2. The highest BCUT2D eigenvalue weighted by atomic mass is 16.2. The van der Waals surface area contributed by atoms with E-state index in [2.05, 4.69) is 58.3 Å². The normalized spacial score (nSPS) is 15.6. The van der Waals surface area contributed by atoms with Crippen molar-refractivity contribution < 1.29 is 4.79 Å². The largest absolute Gasteiger partial charge is 0.370 e. The molecule has 0 radical (unpaired) electrons. The first-order valence-electron chi connectivity index (χ1n) is 12.5. The Kier molecular flexibility index (Phi) is 8.19. The van der Waals surface area contributed by atoms with E-state index >= 15 is 0 Å². The first-order chi connectivity index (χ1) is 17.0. The van der Waals surface area contributed by atoms with Crippen molar-refractivity contribution in [2.75, 3.05) is 42.5 Å². The summed E-state index contributed by atoms with van der Waals surface area (Å²) in [5.41, 5.74) is 4.10. The molecule has 4 rings (SSSR count). The van der Waals surface area contributed by atoms with Gasteiger partial charge in [0, 0.05) is 44.5 Å². The SMILES string of the molecule is CCN(CCNC(=O)C1CCCN(c2cnn(Cc3ccccc3)c(=O)c2)C1)c1cccc(C)c1. The second kappa shape index (κ2) is 11.7. The summed E-state index contributed by atoms with van der Waals surface area (Å²) in [7, 11) is 0. The number of amides is 1. The molecule has 7 heteroatoms. The molecule has 0 spiro atoms. The number of nitrogens with zero attached hydrogens (tertiary/aromatic N) is 4. The Morgan fingerprint density at radius 1 is 1.14 bits per heavy atom. The van der Waals surface area contributed by atoms with Crippen molar-refractivity contribution in [3.63, 3.8) is 0 Å². The molecular weight excluding hydrogens is 438 g/mol. The van der Waals surface area contributed by atoms with Gasteiger partial charge in [-0.2, -0.15) is 5.10 Å². The van der Waals surface area contributed by atoms with E-state index < -0.39 is 0 Å². The number of carbonyl (C=O) groups is 1. The molecule has 1 amide bonds. The Hall–Kier alpha value is -3.61. The molecule has 0 saturated carbocycles. The van der Waals surface area contributed by atoms with Crippen LogP contribution in [0.1, 0.15) is 30.9 Å². The molecule has 3 aromatic rings. The van der Waals surface area contributed by atoms with Crippen LogP contribution in [0.3, 0.4) is 0 Å². The van der Waals surface area contributed by atoms with Crippen molar-refractivity contribution in [1.29, 1.82) is 0 Å². The van der Waals surface area contributed by atoms with Gasteiger partial charge in [-0.1, -0.05) is 42.5 Å². The van der Waals surface area contributed by atoms with Crippen molar-refractivity contribution in [3.05, 3.63) is 88.3 Å². The molecule has 7 nitrogen and oxygen atoms in total. The number of nitrogens with one attached hydrogen (secondary N) is 1. The second-order valence-corrected chi connectivity index (χ2v) is 9.19. The van der Waals surface area contributed by atoms with E-state index in [1.165, 1.54) is 15.9 Å². The third kappa shape index (κ3) is 6.50. The van der Waals surface area contributed by atoms with Crippen LogP contribution >= 0.6 is 0 Å². The number of likely N-dealkylation sites (N-methyl/N-ethyl adjacent to an activating group) is 1. The van der Waals surface area contributed by atoms with Crippen molar-refractivity contribution in [2.24, 2.45) is 5.92 Å². The molecule has 1 saturated heterocycles. The maximum absolute atomic E-state index is 12.9. The molecule has 2 aromatic carbocycles. The lowest BCUT2D eigenvalue weighted by Crippen LogP contribution is -2.45. The maximum atomic E-state index is 12.9. The van der Waals surface area contributed by atoms with E-state index in [-0.39, 0.29) is 17.4 Å². The first-order valence-corrected chi connectivity index (χ1v) is 12.5. The number of rotatable bonds is 9. The highest BCUT2D eigenvalue weighted by Crippen LogP contribution is 2.22. The van der Waals surface area contributed by atoms with Gasteiger partial charge in [0.1, 0.15) is 0 Å². The summed E-state index contributed by atoms with van der Waals surface area (Å²) < 4.78 is 1.47. The molecule has 0 bridgehead atoms. The summed E-state index contributed by atoms with van der Waals surface area (Å²) in [6, 6.07) is 19.9. The molecule has 1 fully saturated rings. The lowest BCUT2D eigenvalue weighted by molar-refractivity contribution is -0.125. The van der Waals surface area contributed by atoms with E-state index in [0.717, 1.165) is 43.7 Å². The molecule has 184 valence electrons. The van der Waals surface area contributed by atoms with Gasteiger partial charge in [-0.25, -0.2) is 4.68 Å². The molecule has 1 aromatic heterocycles. The van der Waals surface area contributed by atoms with Gasteiger partial charge in [-0.15, -0.1) is 0 Å². The fourth-order valence-corrected chi connectivity index (χ4v) is 4.65. The van der Waals surface area contributed by atoms with Crippen LogP contribution in [0.4, 0.5) is 11.4 Å². The molecule has 35 heavy (non-hydrogen) atoms. The zero-order chi connectivity index (χ0) is 24.6. The molecule has 1 unspecified atom stereocenters. The van der Waals surface area contributed by atoms with Crippen LogP contribution in [0.2, 0.25) is 0 Å². The summed E-state index contributed by atoms with van der Waals surface area (Å²) in [4.78, 5) is 30.0. The van der Waals surface area contributed by atoms with E-state index in [1.807, 2.05) is 30.3 Å². The van der Waals surface area contributed by atoms with Crippen molar-refractivity contribution in [1.82, 2.24) is 15.1 Å². The quantitative estimate of drug-likeness (QED) is 0.515. The van der Waals surface area contributed by atoms with E-state index in [4.69, 9.17) is 0 Å². The minimum atomic E-state index is -0.131. The minimum Gasteiger partial charge on any atom is -0.370 e. The van der Waals surface area contributed by atoms with Crippen LogP contribution in [-0.4, -0.2) is 48.4 Å². The third-order valence-corrected chi connectivity index (χ3v) is 6.62. The lowest BCUT2D eigenvalue weighted by atomic mass is 9.97. The topological polar surface area (TPSA) is 70.5 Å². The molecule has 2 heterocycles. The number of piperidine rings is 1. The Morgan fingerprint density at radius 3 is 2.71 bits per heavy atom. The summed E-state index contributed by atoms with van der Waals surface area (Å²) in [5.74, 6) is -0.00933. The average molecular weight is 474 g/mol. The highest BCUT2D eigenvalue weighted by molar-refractivity contribution is 5.79. The smallest absolute Gasteiger partial charge is 0.269 e. The fourth-order valence-electron chi connectivity index (χ4n) is 4.65. The van der Waals surface area contributed by atoms with E-state index in [1.54, 1.807) is 12.3 Å². The number of hydrogen-bond donors (Lipinski definition) is 1. The average Bonchev–Trinajstić information content (AvgIpc) is 2.88. The Bertz CT molecular complexity index is 1180. The molecule has 1 aliphatic rings. The summed E-state index contributed by atoms with van der Waals surface area (Å²) in [5, 5.41) is 7.52. The number of hydrogen-bond acceptors (Lipinski definition) is 5. The zero-order valence-corrected chi connectivity index (χ0v) is 20.7. The number of carbonyl (C=O) groups excluding carboxylic acids is 1. The Labute approximate surface area is 207 Å². The monoisotopic (exact) mass is 473 g/mol. The third-order valence-electron chi connectivity index (χ3n) is 6.62. The Morgan fingerprint density at radius 2 is 1.97 bits per heavy atom. The van der Waals surface area contributed by atoms with Gasteiger partial charge in [0.05, 0.1) is 24.3 Å². The maximum Gasteiger partial charge on any atom is 0.269 e. The molecule has 0 aliphatic carbocycles. The fraction of sp³-hybridized carbons (Fsp3) is 0.393. The van der Waals surface area contributed by atoms with Gasteiger partial charge in [0.2, 0.25) is 5.91 Å². The second-order valence-electron chi connectivity index (χ2n) is 9.19. The zero-order valence-electron chi connectivity index (χ0n) is 20.7. The van der Waals surface area contributed by atoms with Crippen LogP contribution < -0.4 is 20.7 Å².